The number of nitro benzene ring substituents is 1. The van der Waals surface area contributed by atoms with Gasteiger partial charge in [-0.25, -0.2) is 4.79 Å². The second kappa shape index (κ2) is 9.43. The fraction of sp³-hybridized carbons (Fsp3) is 0.273. The van der Waals surface area contributed by atoms with Gasteiger partial charge in [-0.15, -0.1) is 6.58 Å². The smallest absolute Gasteiger partial charge is 0.338 e. The fourth-order valence-electron chi connectivity index (χ4n) is 3.44. The number of ether oxygens (including phenoxy) is 1. The molecule has 2 atom stereocenters. The SMILES string of the molecule is C=C[C@H](COC(=O)c1ccc([N+](=O)[O-])cc1)[C@H]1CCN(Cc2ccccc2)C1=S. The van der Waals surface area contributed by atoms with Gasteiger partial charge in [0.1, 0.15) is 0 Å². The van der Waals surface area contributed by atoms with Crippen molar-refractivity contribution in [2.75, 3.05) is 13.2 Å². The summed E-state index contributed by atoms with van der Waals surface area (Å²) in [5, 5.41) is 10.7. The van der Waals surface area contributed by atoms with Crippen LogP contribution in [0.4, 0.5) is 5.69 Å². The molecule has 0 unspecified atom stereocenters. The van der Waals surface area contributed by atoms with Crippen LogP contribution in [0.15, 0.2) is 67.3 Å². The predicted octanol–water partition coefficient (Wildman–Crippen LogP) is 4.40. The van der Waals surface area contributed by atoms with E-state index in [0.29, 0.717) is 0 Å². The number of benzene rings is 2. The number of non-ortho nitro benzene ring substituents is 1. The zero-order valence-electron chi connectivity index (χ0n) is 15.9. The van der Waals surface area contributed by atoms with E-state index in [1.807, 2.05) is 18.2 Å². The summed E-state index contributed by atoms with van der Waals surface area (Å²) in [6, 6.07) is 15.5. The Morgan fingerprint density at radius 1 is 1.28 bits per heavy atom. The molecular weight excluding hydrogens is 388 g/mol. The Bertz CT molecular complexity index is 899. The minimum absolute atomic E-state index is 0.0691. The Labute approximate surface area is 174 Å². The van der Waals surface area contributed by atoms with Crippen molar-refractivity contribution < 1.29 is 14.5 Å². The van der Waals surface area contributed by atoms with E-state index in [1.54, 1.807) is 6.08 Å². The van der Waals surface area contributed by atoms with Gasteiger partial charge >= 0.3 is 5.97 Å². The van der Waals surface area contributed by atoms with E-state index in [0.717, 1.165) is 24.5 Å². The summed E-state index contributed by atoms with van der Waals surface area (Å²) in [5.41, 5.74) is 1.41. The Kier molecular flexibility index (Phi) is 6.72. The molecule has 1 heterocycles. The van der Waals surface area contributed by atoms with Gasteiger partial charge in [-0.2, -0.15) is 0 Å². The largest absolute Gasteiger partial charge is 0.461 e. The topological polar surface area (TPSA) is 72.7 Å². The molecule has 3 rings (SSSR count). The van der Waals surface area contributed by atoms with Gasteiger partial charge < -0.3 is 9.64 Å². The van der Waals surface area contributed by atoms with Crippen LogP contribution in [0.1, 0.15) is 22.3 Å². The number of esters is 1. The minimum Gasteiger partial charge on any atom is -0.461 e. The molecule has 0 aromatic heterocycles. The van der Waals surface area contributed by atoms with Crippen molar-refractivity contribution in [1.29, 1.82) is 0 Å². The first-order chi connectivity index (χ1) is 14.0. The molecule has 2 aromatic rings. The lowest BCUT2D eigenvalue weighted by Gasteiger charge is -2.23. The van der Waals surface area contributed by atoms with Crippen LogP contribution in [0, 0.1) is 22.0 Å². The van der Waals surface area contributed by atoms with Crippen LogP contribution in [0.3, 0.4) is 0 Å². The molecule has 0 aliphatic carbocycles. The summed E-state index contributed by atoms with van der Waals surface area (Å²) in [6.07, 6.45) is 2.67. The third-order valence-electron chi connectivity index (χ3n) is 5.10. The highest BCUT2D eigenvalue weighted by atomic mass is 32.1. The molecule has 1 aliphatic heterocycles. The number of rotatable bonds is 8. The van der Waals surface area contributed by atoms with Gasteiger partial charge in [-0.05, 0) is 24.1 Å². The maximum absolute atomic E-state index is 12.3. The lowest BCUT2D eigenvalue weighted by molar-refractivity contribution is -0.384. The molecule has 150 valence electrons. The molecule has 6 nitrogen and oxygen atoms in total. The van der Waals surface area contributed by atoms with Crippen molar-refractivity contribution in [3.05, 3.63) is 88.5 Å². The fourth-order valence-corrected chi connectivity index (χ4v) is 3.89. The molecule has 0 radical (unpaired) electrons. The third kappa shape index (κ3) is 5.06. The van der Waals surface area contributed by atoms with Crippen LogP contribution in [-0.2, 0) is 11.3 Å². The van der Waals surface area contributed by atoms with Crippen molar-refractivity contribution in [3.63, 3.8) is 0 Å². The molecule has 0 saturated carbocycles. The van der Waals surface area contributed by atoms with Crippen molar-refractivity contribution in [2.45, 2.75) is 13.0 Å². The van der Waals surface area contributed by atoms with E-state index in [4.69, 9.17) is 17.0 Å². The molecule has 1 saturated heterocycles. The van der Waals surface area contributed by atoms with Gasteiger partial charge in [0.25, 0.3) is 5.69 Å². The maximum Gasteiger partial charge on any atom is 0.338 e. The molecule has 0 spiro atoms. The Balaban J connectivity index is 1.57. The van der Waals surface area contributed by atoms with Crippen LogP contribution < -0.4 is 0 Å². The van der Waals surface area contributed by atoms with Crippen LogP contribution in [-0.4, -0.2) is 33.9 Å². The quantitative estimate of drug-likeness (QED) is 0.211. The molecule has 0 N–H and O–H groups in total. The summed E-state index contributed by atoms with van der Waals surface area (Å²) >= 11 is 5.69. The van der Waals surface area contributed by atoms with Crippen molar-refractivity contribution in [1.82, 2.24) is 4.90 Å². The Morgan fingerprint density at radius 3 is 2.59 bits per heavy atom. The van der Waals surface area contributed by atoms with E-state index >= 15 is 0 Å². The second-order valence-electron chi connectivity index (χ2n) is 6.94. The lowest BCUT2D eigenvalue weighted by Crippen LogP contribution is -2.29. The van der Waals surface area contributed by atoms with Gasteiger partial charge in [-0.3, -0.25) is 10.1 Å². The first kappa shape index (κ1) is 20.7. The standard InChI is InChI=1S/C22H22N2O4S/c1-2-17(15-28-22(25)18-8-10-19(11-9-18)24(26)27)20-12-13-23(21(20)29)14-16-6-4-3-5-7-16/h2-11,17,20H,1,12-15H2/t17-,20-/m1/s1. The van der Waals surface area contributed by atoms with Gasteiger partial charge in [-0.1, -0.05) is 48.6 Å². The van der Waals surface area contributed by atoms with E-state index in [2.05, 4.69) is 23.6 Å². The van der Waals surface area contributed by atoms with Crippen molar-refractivity contribution in [2.24, 2.45) is 11.8 Å². The Morgan fingerprint density at radius 2 is 1.97 bits per heavy atom. The molecule has 7 heteroatoms. The zero-order valence-corrected chi connectivity index (χ0v) is 16.7. The number of likely N-dealkylation sites (tertiary alicyclic amines) is 1. The Hall–Kier alpha value is -3.06. The van der Waals surface area contributed by atoms with Crippen LogP contribution in [0.2, 0.25) is 0 Å². The second-order valence-corrected chi connectivity index (χ2v) is 7.36. The van der Waals surface area contributed by atoms with Crippen LogP contribution in [0.25, 0.3) is 0 Å². The van der Waals surface area contributed by atoms with E-state index in [1.165, 1.54) is 29.8 Å². The molecular formula is C22H22N2O4S. The highest BCUT2D eigenvalue weighted by Gasteiger charge is 2.33. The number of hydrogen-bond donors (Lipinski definition) is 0. The van der Waals surface area contributed by atoms with E-state index in [-0.39, 0.29) is 29.7 Å². The number of carbonyl (C=O) groups is 1. The van der Waals surface area contributed by atoms with E-state index in [9.17, 15) is 14.9 Å². The number of nitro groups is 1. The first-order valence-corrected chi connectivity index (χ1v) is 9.77. The van der Waals surface area contributed by atoms with E-state index < -0.39 is 10.9 Å². The summed E-state index contributed by atoms with van der Waals surface area (Å²) in [5.74, 6) is -0.502. The van der Waals surface area contributed by atoms with Gasteiger partial charge in [0.05, 0.1) is 22.1 Å². The molecule has 0 bridgehead atoms. The summed E-state index contributed by atoms with van der Waals surface area (Å²) < 4.78 is 5.44. The highest BCUT2D eigenvalue weighted by molar-refractivity contribution is 7.80. The molecule has 1 aliphatic rings. The number of carbonyl (C=O) groups excluding carboxylic acids is 1. The van der Waals surface area contributed by atoms with Gasteiger partial charge in [0, 0.05) is 37.1 Å². The summed E-state index contributed by atoms with van der Waals surface area (Å²) in [7, 11) is 0. The van der Waals surface area contributed by atoms with Crippen molar-refractivity contribution in [3.8, 4) is 0 Å². The third-order valence-corrected chi connectivity index (χ3v) is 5.66. The minimum atomic E-state index is -0.517. The number of hydrogen-bond acceptors (Lipinski definition) is 5. The number of thiocarbonyl (C=S) groups is 1. The van der Waals surface area contributed by atoms with Crippen molar-refractivity contribution >= 4 is 28.9 Å². The summed E-state index contributed by atoms with van der Waals surface area (Å²) in [4.78, 5) is 25.5. The monoisotopic (exact) mass is 410 g/mol. The molecule has 1 fully saturated rings. The molecule has 29 heavy (non-hydrogen) atoms. The summed E-state index contributed by atoms with van der Waals surface area (Å²) in [6.45, 7) is 5.68. The molecule has 2 aromatic carbocycles. The maximum atomic E-state index is 12.3. The van der Waals surface area contributed by atoms with Crippen LogP contribution >= 0.6 is 12.2 Å². The zero-order chi connectivity index (χ0) is 20.8. The molecule has 0 amide bonds. The average molecular weight is 410 g/mol. The highest BCUT2D eigenvalue weighted by Crippen LogP contribution is 2.29. The van der Waals surface area contributed by atoms with Gasteiger partial charge in [0.15, 0.2) is 0 Å². The number of nitrogens with zero attached hydrogens (tertiary/aromatic N) is 2. The average Bonchev–Trinajstić information content (AvgIpc) is 3.09. The van der Waals surface area contributed by atoms with Crippen LogP contribution in [0.5, 0.6) is 0 Å². The predicted molar refractivity (Wildman–Crippen MR) is 115 cm³/mol. The lowest BCUT2D eigenvalue weighted by atomic mass is 9.92. The normalized spacial score (nSPS) is 17.0. The van der Waals surface area contributed by atoms with Gasteiger partial charge in [0.2, 0.25) is 0 Å². The first-order valence-electron chi connectivity index (χ1n) is 9.36.